The molecule has 4 heteroatoms. The zero-order valence-electron chi connectivity index (χ0n) is 16.7. The van der Waals surface area contributed by atoms with Crippen LogP contribution in [-0.4, -0.2) is 18.3 Å². The average Bonchev–Trinajstić information content (AvgIpc) is 3.15. The van der Waals surface area contributed by atoms with Gasteiger partial charge in [0.1, 0.15) is 0 Å². The summed E-state index contributed by atoms with van der Waals surface area (Å²) >= 11 is 1.82. The van der Waals surface area contributed by atoms with Gasteiger partial charge in [0.05, 0.1) is 11.2 Å². The van der Waals surface area contributed by atoms with Gasteiger partial charge in [0.15, 0.2) is 0 Å². The molecule has 28 heavy (non-hydrogen) atoms. The summed E-state index contributed by atoms with van der Waals surface area (Å²) in [7, 11) is -0.338. The first-order valence-electron chi connectivity index (χ1n) is 9.72. The summed E-state index contributed by atoms with van der Waals surface area (Å²) in [5, 5.41) is 2.56. The Balaban J connectivity index is 1.66. The third-order valence-electron chi connectivity index (χ3n) is 6.14. The van der Waals surface area contributed by atoms with E-state index in [9.17, 15) is 0 Å². The second-order valence-corrected chi connectivity index (χ2v) is 9.54. The smallest absolute Gasteiger partial charge is 0.399 e. The molecule has 0 atom stereocenters. The molecule has 4 aromatic rings. The largest absolute Gasteiger partial charge is 0.496 e. The van der Waals surface area contributed by atoms with E-state index in [0.29, 0.717) is 0 Å². The fraction of sp³-hybridized carbons (Fsp3) is 0.250. The molecule has 1 aromatic heterocycles. The number of thiophene rings is 1. The van der Waals surface area contributed by atoms with E-state index in [1.807, 2.05) is 11.3 Å². The normalized spacial score (nSPS) is 18.2. The van der Waals surface area contributed by atoms with Gasteiger partial charge in [0, 0.05) is 20.2 Å². The molecule has 0 aliphatic carbocycles. The van der Waals surface area contributed by atoms with Crippen molar-refractivity contribution in [2.24, 2.45) is 0 Å². The van der Waals surface area contributed by atoms with E-state index in [1.54, 1.807) is 0 Å². The number of fused-ring (bicyclic) bond motifs is 3. The Hall–Kier alpha value is -2.14. The minimum absolute atomic E-state index is 0.336. The second-order valence-electron chi connectivity index (χ2n) is 8.49. The minimum atomic E-state index is -0.338. The van der Waals surface area contributed by atoms with Gasteiger partial charge in [-0.15, -0.1) is 11.3 Å². The number of rotatable bonds is 2. The van der Waals surface area contributed by atoms with Crippen molar-refractivity contribution in [3.05, 3.63) is 66.7 Å². The molecule has 5 rings (SSSR count). The van der Waals surface area contributed by atoms with Crippen molar-refractivity contribution in [2.45, 2.75) is 38.9 Å². The molecule has 1 fully saturated rings. The van der Waals surface area contributed by atoms with Crippen LogP contribution < -0.4 is 5.46 Å². The molecular weight excluding hydrogens is 363 g/mol. The molecule has 0 spiro atoms. The van der Waals surface area contributed by atoms with Gasteiger partial charge in [-0.1, -0.05) is 54.6 Å². The van der Waals surface area contributed by atoms with Gasteiger partial charge in [-0.3, -0.25) is 0 Å². The Morgan fingerprint density at radius 3 is 2.14 bits per heavy atom. The molecule has 3 aromatic carbocycles. The van der Waals surface area contributed by atoms with E-state index in [4.69, 9.17) is 9.31 Å². The monoisotopic (exact) mass is 386 g/mol. The number of hydrogen-bond donors (Lipinski definition) is 0. The Labute approximate surface area is 170 Å². The lowest BCUT2D eigenvalue weighted by atomic mass is 9.78. The highest BCUT2D eigenvalue weighted by Crippen LogP contribution is 2.39. The topological polar surface area (TPSA) is 18.5 Å². The standard InChI is InChI=1S/C24H23BO2S/c1-23(2)24(3,4)27-25(26-23)20-12-8-11-18-19-15-17(16-9-6-5-7-10-16)13-14-21(19)28-22(18)20/h5-15H,1-4H3. The average molecular weight is 386 g/mol. The summed E-state index contributed by atoms with van der Waals surface area (Å²) < 4.78 is 15.2. The van der Waals surface area contributed by atoms with E-state index in [0.717, 1.165) is 5.46 Å². The fourth-order valence-electron chi connectivity index (χ4n) is 3.79. The summed E-state index contributed by atoms with van der Waals surface area (Å²) in [6.07, 6.45) is 0. The summed E-state index contributed by atoms with van der Waals surface area (Å²) in [6, 6.07) is 23.7. The Kier molecular flexibility index (Phi) is 3.96. The van der Waals surface area contributed by atoms with Gasteiger partial charge in [-0.05, 0) is 56.3 Å². The zero-order chi connectivity index (χ0) is 19.5. The van der Waals surface area contributed by atoms with Crippen molar-refractivity contribution >= 4 is 44.1 Å². The van der Waals surface area contributed by atoms with Crippen molar-refractivity contribution in [1.29, 1.82) is 0 Å². The quantitative estimate of drug-likeness (QED) is 0.392. The maximum absolute atomic E-state index is 6.33. The summed E-state index contributed by atoms with van der Waals surface area (Å²) in [4.78, 5) is 0. The highest BCUT2D eigenvalue weighted by atomic mass is 32.1. The van der Waals surface area contributed by atoms with Gasteiger partial charge in [0.2, 0.25) is 0 Å². The first-order valence-corrected chi connectivity index (χ1v) is 10.5. The van der Waals surface area contributed by atoms with Crippen LogP contribution in [0.25, 0.3) is 31.3 Å². The molecule has 1 saturated heterocycles. The molecule has 1 aliphatic heterocycles. The van der Waals surface area contributed by atoms with Gasteiger partial charge in [-0.2, -0.15) is 0 Å². The number of hydrogen-bond acceptors (Lipinski definition) is 3. The molecule has 0 bridgehead atoms. The lowest BCUT2D eigenvalue weighted by Gasteiger charge is -2.32. The fourth-order valence-corrected chi connectivity index (χ4v) is 4.99. The van der Waals surface area contributed by atoms with E-state index in [2.05, 4.69) is 94.4 Å². The molecule has 0 N–H and O–H groups in total. The van der Waals surface area contributed by atoms with Crippen LogP contribution in [0.15, 0.2) is 66.7 Å². The van der Waals surface area contributed by atoms with Crippen LogP contribution in [0.1, 0.15) is 27.7 Å². The SMILES string of the molecule is CC1(C)OB(c2cccc3c2sc2ccc(-c4ccccc4)cc23)OC1(C)C. The zero-order valence-corrected chi connectivity index (χ0v) is 17.5. The minimum Gasteiger partial charge on any atom is -0.399 e. The lowest BCUT2D eigenvalue weighted by molar-refractivity contribution is 0.00578. The van der Waals surface area contributed by atoms with Crippen molar-refractivity contribution in [1.82, 2.24) is 0 Å². The van der Waals surface area contributed by atoms with Gasteiger partial charge in [0.25, 0.3) is 0 Å². The first kappa shape index (κ1) is 17.9. The van der Waals surface area contributed by atoms with Crippen LogP contribution in [0, 0.1) is 0 Å². The van der Waals surface area contributed by atoms with Crippen molar-refractivity contribution in [2.75, 3.05) is 0 Å². The summed E-state index contributed by atoms with van der Waals surface area (Å²) in [6.45, 7) is 8.41. The van der Waals surface area contributed by atoms with Gasteiger partial charge in [-0.25, -0.2) is 0 Å². The van der Waals surface area contributed by atoms with Gasteiger partial charge < -0.3 is 9.31 Å². The Bertz CT molecular complexity index is 1160. The van der Waals surface area contributed by atoms with Crippen LogP contribution in [0.4, 0.5) is 0 Å². The van der Waals surface area contributed by atoms with Crippen LogP contribution in [-0.2, 0) is 9.31 Å². The van der Waals surface area contributed by atoms with Crippen molar-refractivity contribution in [3.8, 4) is 11.1 Å². The van der Waals surface area contributed by atoms with Crippen LogP contribution in [0.5, 0.6) is 0 Å². The third-order valence-corrected chi connectivity index (χ3v) is 7.38. The molecule has 2 nitrogen and oxygen atoms in total. The highest BCUT2D eigenvalue weighted by Gasteiger charge is 2.52. The summed E-state index contributed by atoms with van der Waals surface area (Å²) in [5.41, 5.74) is 2.94. The van der Waals surface area contributed by atoms with Crippen LogP contribution in [0.2, 0.25) is 0 Å². The molecule has 140 valence electrons. The van der Waals surface area contributed by atoms with E-state index >= 15 is 0 Å². The van der Waals surface area contributed by atoms with E-state index < -0.39 is 0 Å². The number of benzene rings is 3. The molecule has 0 unspecified atom stereocenters. The maximum Gasteiger partial charge on any atom is 0.496 e. The lowest BCUT2D eigenvalue weighted by Crippen LogP contribution is -2.41. The second kappa shape index (κ2) is 6.18. The maximum atomic E-state index is 6.33. The Morgan fingerprint density at radius 2 is 1.43 bits per heavy atom. The molecule has 2 heterocycles. The molecule has 0 saturated carbocycles. The van der Waals surface area contributed by atoms with Crippen molar-refractivity contribution < 1.29 is 9.31 Å². The van der Waals surface area contributed by atoms with Crippen LogP contribution >= 0.6 is 11.3 Å². The van der Waals surface area contributed by atoms with E-state index in [1.165, 1.54) is 31.3 Å². The predicted octanol–water partition coefficient (Wildman–Crippen LogP) is 6.02. The van der Waals surface area contributed by atoms with Crippen LogP contribution in [0.3, 0.4) is 0 Å². The highest BCUT2D eigenvalue weighted by molar-refractivity contribution is 7.27. The van der Waals surface area contributed by atoms with Crippen molar-refractivity contribution in [3.63, 3.8) is 0 Å². The first-order chi connectivity index (χ1) is 13.4. The third kappa shape index (κ3) is 2.71. The molecule has 0 radical (unpaired) electrons. The van der Waals surface area contributed by atoms with E-state index in [-0.39, 0.29) is 18.3 Å². The molecular formula is C24H23BO2S. The summed E-state index contributed by atoms with van der Waals surface area (Å²) in [5.74, 6) is 0. The Morgan fingerprint density at radius 1 is 0.714 bits per heavy atom. The van der Waals surface area contributed by atoms with Gasteiger partial charge >= 0.3 is 7.12 Å². The molecule has 0 amide bonds. The predicted molar refractivity (Wildman–Crippen MR) is 120 cm³/mol. The molecule has 1 aliphatic rings.